The molecule has 4 rings (SSSR count). The number of benzene rings is 2. The van der Waals surface area contributed by atoms with Crippen molar-refractivity contribution in [1.29, 1.82) is 0 Å². The number of alkyl halides is 3. The third-order valence-electron chi connectivity index (χ3n) is 6.21. The first kappa shape index (κ1) is 24.3. The summed E-state index contributed by atoms with van der Waals surface area (Å²) in [6, 6.07) is 9.39. The van der Waals surface area contributed by atoms with Gasteiger partial charge in [-0.05, 0) is 49.2 Å². The van der Waals surface area contributed by atoms with Crippen molar-refractivity contribution >= 4 is 21.6 Å². The number of nitrogens with zero attached hydrogens (tertiary/aromatic N) is 3. The molecule has 2 aliphatic heterocycles. The van der Waals surface area contributed by atoms with Crippen molar-refractivity contribution in [2.24, 2.45) is 0 Å². The Morgan fingerprint density at radius 2 is 1.62 bits per heavy atom. The maximum Gasteiger partial charge on any atom is 0.416 e. The molecule has 2 aliphatic rings. The molecule has 0 unspecified atom stereocenters. The van der Waals surface area contributed by atoms with E-state index in [1.54, 1.807) is 15.9 Å². The third-order valence-corrected chi connectivity index (χ3v) is 8.10. The van der Waals surface area contributed by atoms with Gasteiger partial charge in [-0.2, -0.15) is 17.5 Å². The minimum absolute atomic E-state index is 0.0427. The van der Waals surface area contributed by atoms with Crippen LogP contribution in [0, 0.1) is 0 Å². The fraction of sp³-hybridized carbons (Fsp3) is 0.435. The minimum Gasteiger partial charge on any atom is -0.496 e. The van der Waals surface area contributed by atoms with E-state index < -0.39 is 21.8 Å². The van der Waals surface area contributed by atoms with Gasteiger partial charge in [0.15, 0.2) is 0 Å². The van der Waals surface area contributed by atoms with E-state index in [-0.39, 0.29) is 35.2 Å². The molecule has 7 nitrogen and oxygen atoms in total. The lowest BCUT2D eigenvalue weighted by atomic mass is 10.1. The van der Waals surface area contributed by atoms with Crippen LogP contribution < -0.4 is 9.64 Å². The highest BCUT2D eigenvalue weighted by atomic mass is 32.2. The van der Waals surface area contributed by atoms with Gasteiger partial charge in [0, 0.05) is 45.0 Å². The van der Waals surface area contributed by atoms with Gasteiger partial charge in [0.25, 0.3) is 5.91 Å². The molecule has 0 radical (unpaired) electrons. The predicted molar refractivity (Wildman–Crippen MR) is 121 cm³/mol. The molecule has 184 valence electrons. The first-order valence-corrected chi connectivity index (χ1v) is 12.4. The molecule has 0 saturated carbocycles. The van der Waals surface area contributed by atoms with Crippen molar-refractivity contribution in [3.8, 4) is 5.75 Å². The Kier molecular flexibility index (Phi) is 6.77. The largest absolute Gasteiger partial charge is 0.496 e. The molecule has 1 amide bonds. The van der Waals surface area contributed by atoms with Gasteiger partial charge in [0.1, 0.15) is 5.75 Å². The number of anilines is 1. The van der Waals surface area contributed by atoms with Crippen LogP contribution in [-0.2, 0) is 16.2 Å². The highest BCUT2D eigenvalue weighted by Crippen LogP contribution is 2.32. The van der Waals surface area contributed by atoms with Crippen LogP contribution in [0.4, 0.5) is 18.9 Å². The molecule has 2 saturated heterocycles. The highest BCUT2D eigenvalue weighted by Gasteiger charge is 2.32. The number of carbonyl (C=O) groups is 1. The fourth-order valence-corrected chi connectivity index (χ4v) is 5.85. The van der Waals surface area contributed by atoms with E-state index in [9.17, 15) is 26.4 Å². The van der Waals surface area contributed by atoms with Crippen molar-refractivity contribution in [3.63, 3.8) is 0 Å². The van der Waals surface area contributed by atoms with Crippen molar-refractivity contribution in [2.75, 3.05) is 51.3 Å². The summed E-state index contributed by atoms with van der Waals surface area (Å²) in [5, 5.41) is 0. The smallest absolute Gasteiger partial charge is 0.416 e. The van der Waals surface area contributed by atoms with E-state index in [2.05, 4.69) is 0 Å². The summed E-state index contributed by atoms with van der Waals surface area (Å²) >= 11 is 0. The van der Waals surface area contributed by atoms with Crippen LogP contribution in [0.25, 0.3) is 0 Å². The van der Waals surface area contributed by atoms with Gasteiger partial charge in [0.2, 0.25) is 10.0 Å². The monoisotopic (exact) mass is 497 g/mol. The standard InChI is InChI=1S/C23H26F3N3O4S/c1-33-21-8-7-19(34(31,32)29-9-2-3-10-29)16-20(21)22(30)28-13-11-27(12-14-28)18-6-4-5-17(15-18)23(24,25)26/h4-8,15-16H,2-3,9-14H2,1H3. The Morgan fingerprint density at radius 1 is 0.941 bits per heavy atom. The zero-order valence-electron chi connectivity index (χ0n) is 18.7. The number of amides is 1. The SMILES string of the molecule is COc1ccc(S(=O)(=O)N2CCCC2)cc1C(=O)N1CCN(c2cccc(C(F)(F)F)c2)CC1. The molecule has 0 N–H and O–H groups in total. The summed E-state index contributed by atoms with van der Waals surface area (Å²) in [6.07, 6.45) is -2.82. The van der Waals surface area contributed by atoms with E-state index >= 15 is 0 Å². The molecule has 11 heteroatoms. The predicted octanol–water partition coefficient (Wildman–Crippen LogP) is 3.46. The average Bonchev–Trinajstić information content (AvgIpc) is 3.39. The number of hydrogen-bond acceptors (Lipinski definition) is 5. The van der Waals surface area contributed by atoms with Crippen LogP contribution in [0.3, 0.4) is 0 Å². The van der Waals surface area contributed by atoms with Crippen LogP contribution in [0.15, 0.2) is 47.4 Å². The lowest BCUT2D eigenvalue weighted by Crippen LogP contribution is -2.49. The topological polar surface area (TPSA) is 70.2 Å². The lowest BCUT2D eigenvalue weighted by molar-refractivity contribution is -0.137. The minimum atomic E-state index is -4.43. The molecule has 2 aromatic rings. The Hall–Kier alpha value is -2.79. The molecule has 0 aliphatic carbocycles. The molecule has 0 spiro atoms. The van der Waals surface area contributed by atoms with E-state index in [0.29, 0.717) is 31.9 Å². The third kappa shape index (κ3) is 4.85. The number of sulfonamides is 1. The van der Waals surface area contributed by atoms with Gasteiger partial charge in [-0.25, -0.2) is 8.42 Å². The molecular weight excluding hydrogens is 471 g/mol. The number of piperazine rings is 1. The van der Waals surface area contributed by atoms with E-state index in [1.165, 1.54) is 35.7 Å². The van der Waals surface area contributed by atoms with Gasteiger partial charge >= 0.3 is 6.18 Å². The lowest BCUT2D eigenvalue weighted by Gasteiger charge is -2.36. The Morgan fingerprint density at radius 3 is 2.24 bits per heavy atom. The van der Waals surface area contributed by atoms with Crippen molar-refractivity contribution in [1.82, 2.24) is 9.21 Å². The molecule has 0 bridgehead atoms. The van der Waals surface area contributed by atoms with Gasteiger partial charge in [-0.1, -0.05) is 6.07 Å². The zero-order chi connectivity index (χ0) is 24.5. The van der Waals surface area contributed by atoms with Crippen LogP contribution in [0.2, 0.25) is 0 Å². The summed E-state index contributed by atoms with van der Waals surface area (Å²) in [5.41, 5.74) is -0.127. The highest BCUT2D eigenvalue weighted by molar-refractivity contribution is 7.89. The van der Waals surface area contributed by atoms with Crippen LogP contribution in [-0.4, -0.2) is 69.9 Å². The van der Waals surface area contributed by atoms with Gasteiger partial charge in [-0.3, -0.25) is 4.79 Å². The first-order chi connectivity index (χ1) is 16.1. The summed E-state index contributed by atoms with van der Waals surface area (Å²) in [5.74, 6) is -0.107. The zero-order valence-corrected chi connectivity index (χ0v) is 19.5. The second kappa shape index (κ2) is 9.46. The van der Waals surface area contributed by atoms with Crippen molar-refractivity contribution in [2.45, 2.75) is 23.9 Å². The summed E-state index contributed by atoms with van der Waals surface area (Å²) in [7, 11) is -2.30. The second-order valence-corrected chi connectivity index (χ2v) is 10.2. The van der Waals surface area contributed by atoms with Crippen LogP contribution in [0.5, 0.6) is 5.75 Å². The van der Waals surface area contributed by atoms with Crippen molar-refractivity contribution in [3.05, 3.63) is 53.6 Å². The maximum atomic E-state index is 13.3. The summed E-state index contributed by atoms with van der Waals surface area (Å²) in [4.78, 5) is 16.7. The fourth-order valence-electron chi connectivity index (χ4n) is 4.31. The first-order valence-electron chi connectivity index (χ1n) is 11.0. The number of methoxy groups -OCH3 is 1. The molecule has 2 fully saturated rings. The number of carbonyl (C=O) groups excluding carboxylic acids is 1. The van der Waals surface area contributed by atoms with Gasteiger partial charge in [-0.15, -0.1) is 0 Å². The van der Waals surface area contributed by atoms with E-state index in [4.69, 9.17) is 4.74 Å². The number of ether oxygens (including phenoxy) is 1. The molecule has 0 atom stereocenters. The second-order valence-electron chi connectivity index (χ2n) is 8.30. The number of rotatable bonds is 5. The number of hydrogen-bond donors (Lipinski definition) is 0. The molecule has 34 heavy (non-hydrogen) atoms. The molecule has 0 aromatic heterocycles. The Balaban J connectivity index is 1.51. The Bertz CT molecular complexity index is 1160. The number of halogens is 3. The molecular formula is C23H26F3N3O4S. The van der Waals surface area contributed by atoms with Crippen LogP contribution in [0.1, 0.15) is 28.8 Å². The molecule has 2 aromatic carbocycles. The Labute approximate surface area is 196 Å². The maximum absolute atomic E-state index is 13.3. The van der Waals surface area contributed by atoms with E-state index in [0.717, 1.165) is 25.0 Å². The summed E-state index contributed by atoms with van der Waals surface area (Å²) in [6.45, 7) is 2.16. The van der Waals surface area contributed by atoms with Gasteiger partial charge in [0.05, 0.1) is 23.1 Å². The van der Waals surface area contributed by atoms with Crippen LogP contribution >= 0.6 is 0 Å². The molecule has 2 heterocycles. The van der Waals surface area contributed by atoms with E-state index in [1.807, 2.05) is 0 Å². The summed E-state index contributed by atoms with van der Waals surface area (Å²) < 4.78 is 71.8. The van der Waals surface area contributed by atoms with Crippen molar-refractivity contribution < 1.29 is 31.1 Å². The quantitative estimate of drug-likeness (QED) is 0.633. The average molecular weight is 498 g/mol. The normalized spacial score (nSPS) is 17.8. The van der Waals surface area contributed by atoms with Gasteiger partial charge < -0.3 is 14.5 Å².